The third-order valence-corrected chi connectivity index (χ3v) is 4.33. The lowest BCUT2D eigenvalue weighted by molar-refractivity contribution is -0.108. The van der Waals surface area contributed by atoms with E-state index in [9.17, 15) is 9.59 Å². The average Bonchev–Trinajstić information content (AvgIpc) is 2.40. The molecule has 0 amide bonds. The van der Waals surface area contributed by atoms with E-state index in [1.807, 2.05) is 6.92 Å². The summed E-state index contributed by atoms with van der Waals surface area (Å²) in [6, 6.07) is 0. The van der Waals surface area contributed by atoms with Crippen LogP contribution in [0, 0.1) is 19.3 Å². The Bertz CT molecular complexity index is 565. The summed E-state index contributed by atoms with van der Waals surface area (Å²) in [5.74, 6) is 0.847. The largest absolute Gasteiger partial charge is 0.355 e. The van der Waals surface area contributed by atoms with Crippen LogP contribution in [0.3, 0.4) is 0 Å². The third-order valence-electron chi connectivity index (χ3n) is 4.33. The smallest absolute Gasteiger partial charge is 0.270 e. The highest BCUT2D eigenvalue weighted by molar-refractivity contribution is 5.51. The maximum absolute atomic E-state index is 12.0. The number of piperidine rings is 1. The number of aromatic nitrogens is 2. The van der Waals surface area contributed by atoms with E-state index in [1.54, 1.807) is 6.92 Å². The summed E-state index contributed by atoms with van der Waals surface area (Å²) in [4.78, 5) is 25.0. The fraction of sp³-hybridized carbons (Fsp3) is 0.667. The number of aldehydes is 1. The van der Waals surface area contributed by atoms with Crippen molar-refractivity contribution in [1.29, 1.82) is 0 Å². The van der Waals surface area contributed by atoms with Gasteiger partial charge >= 0.3 is 0 Å². The van der Waals surface area contributed by atoms with Gasteiger partial charge < -0.3 is 9.69 Å². The van der Waals surface area contributed by atoms with Crippen LogP contribution in [0.4, 0.5) is 5.82 Å². The second-order valence-corrected chi connectivity index (χ2v) is 6.38. The first-order valence-electron chi connectivity index (χ1n) is 7.12. The molecule has 2 heterocycles. The SMILES string of the molecule is Cc1c(N2CCC(C)(C)CC2)nn(CC=O)c(=O)c1C. The van der Waals surface area contributed by atoms with E-state index < -0.39 is 0 Å². The molecule has 0 aromatic carbocycles. The molecule has 1 aromatic heterocycles. The van der Waals surface area contributed by atoms with Crippen LogP contribution in [0.15, 0.2) is 4.79 Å². The zero-order chi connectivity index (χ0) is 14.9. The molecule has 110 valence electrons. The van der Waals surface area contributed by atoms with Gasteiger partial charge in [0, 0.05) is 24.2 Å². The molecule has 5 nitrogen and oxygen atoms in total. The predicted molar refractivity (Wildman–Crippen MR) is 79.3 cm³/mol. The van der Waals surface area contributed by atoms with Gasteiger partial charge in [0.2, 0.25) is 0 Å². The van der Waals surface area contributed by atoms with E-state index in [4.69, 9.17) is 0 Å². The Balaban J connectivity index is 2.37. The van der Waals surface area contributed by atoms with Gasteiger partial charge in [0.15, 0.2) is 5.82 Å². The lowest BCUT2D eigenvalue weighted by Crippen LogP contribution is -2.40. The number of rotatable bonds is 3. The standard InChI is InChI=1S/C15H23N3O2/c1-11-12(2)14(20)18(9-10-19)16-13(11)17-7-5-15(3,4)6-8-17/h10H,5-9H2,1-4H3. The van der Waals surface area contributed by atoms with E-state index in [-0.39, 0.29) is 12.1 Å². The number of hydrogen-bond acceptors (Lipinski definition) is 4. The number of nitrogens with zero attached hydrogens (tertiary/aromatic N) is 3. The fourth-order valence-corrected chi connectivity index (χ4v) is 2.58. The predicted octanol–water partition coefficient (Wildman–Crippen LogP) is 1.69. The molecule has 0 aliphatic carbocycles. The molecule has 1 fully saturated rings. The molecule has 0 radical (unpaired) electrons. The molecule has 1 aliphatic heterocycles. The van der Waals surface area contributed by atoms with Gasteiger partial charge in [0.1, 0.15) is 12.8 Å². The van der Waals surface area contributed by atoms with E-state index in [0.29, 0.717) is 17.3 Å². The second kappa shape index (κ2) is 5.38. The minimum absolute atomic E-state index is 0.0201. The van der Waals surface area contributed by atoms with Crippen LogP contribution in [0.1, 0.15) is 37.8 Å². The molecule has 0 bridgehead atoms. The van der Waals surface area contributed by atoms with Crippen LogP contribution >= 0.6 is 0 Å². The Labute approximate surface area is 119 Å². The Kier molecular flexibility index (Phi) is 3.97. The molecule has 0 atom stereocenters. The van der Waals surface area contributed by atoms with Gasteiger partial charge in [0.25, 0.3) is 5.56 Å². The molecule has 20 heavy (non-hydrogen) atoms. The van der Waals surface area contributed by atoms with Gasteiger partial charge in [-0.25, -0.2) is 4.68 Å². The van der Waals surface area contributed by atoms with Crippen LogP contribution in [-0.4, -0.2) is 29.2 Å². The molecule has 0 spiro atoms. The van der Waals surface area contributed by atoms with Crippen LogP contribution < -0.4 is 10.5 Å². The summed E-state index contributed by atoms with van der Waals surface area (Å²) >= 11 is 0. The number of carbonyl (C=O) groups is 1. The van der Waals surface area contributed by atoms with Crippen molar-refractivity contribution in [2.24, 2.45) is 5.41 Å². The van der Waals surface area contributed by atoms with Crippen molar-refractivity contribution in [2.75, 3.05) is 18.0 Å². The monoisotopic (exact) mass is 277 g/mol. The summed E-state index contributed by atoms with van der Waals surface area (Å²) in [7, 11) is 0. The molecule has 1 aromatic rings. The summed E-state index contributed by atoms with van der Waals surface area (Å²) in [5.41, 5.74) is 1.81. The first-order valence-corrected chi connectivity index (χ1v) is 7.12. The first kappa shape index (κ1) is 14.8. The molecule has 2 rings (SSSR count). The van der Waals surface area contributed by atoms with E-state index in [1.165, 1.54) is 4.68 Å². The van der Waals surface area contributed by atoms with Gasteiger partial charge in [-0.1, -0.05) is 13.8 Å². The lowest BCUT2D eigenvalue weighted by atomic mass is 9.82. The highest BCUT2D eigenvalue weighted by atomic mass is 16.1. The molecule has 1 aliphatic rings. The lowest BCUT2D eigenvalue weighted by Gasteiger charge is -2.38. The van der Waals surface area contributed by atoms with Crippen molar-refractivity contribution in [3.63, 3.8) is 0 Å². The van der Waals surface area contributed by atoms with Gasteiger partial charge in [-0.3, -0.25) is 4.79 Å². The maximum atomic E-state index is 12.0. The third kappa shape index (κ3) is 2.76. The van der Waals surface area contributed by atoms with Crippen molar-refractivity contribution in [2.45, 2.75) is 47.1 Å². The number of anilines is 1. The topological polar surface area (TPSA) is 55.2 Å². The van der Waals surface area contributed by atoms with Gasteiger partial charge in [-0.15, -0.1) is 0 Å². The van der Waals surface area contributed by atoms with Crippen LogP contribution in [0.2, 0.25) is 0 Å². The molecular weight excluding hydrogens is 254 g/mol. The van der Waals surface area contributed by atoms with Crippen LogP contribution in [-0.2, 0) is 11.3 Å². The Morgan fingerprint density at radius 2 is 1.80 bits per heavy atom. The van der Waals surface area contributed by atoms with Crippen molar-refractivity contribution < 1.29 is 4.79 Å². The zero-order valence-electron chi connectivity index (χ0n) is 12.8. The molecule has 1 saturated heterocycles. The minimum Gasteiger partial charge on any atom is -0.355 e. The van der Waals surface area contributed by atoms with Crippen LogP contribution in [0.5, 0.6) is 0 Å². The van der Waals surface area contributed by atoms with Gasteiger partial charge in [0.05, 0.1) is 0 Å². The molecule has 0 unspecified atom stereocenters. The Morgan fingerprint density at radius 3 is 2.35 bits per heavy atom. The van der Waals surface area contributed by atoms with Crippen molar-refractivity contribution in [3.8, 4) is 0 Å². The molecule has 5 heteroatoms. The second-order valence-electron chi connectivity index (χ2n) is 6.38. The van der Waals surface area contributed by atoms with Gasteiger partial charge in [-0.2, -0.15) is 5.10 Å². The quantitative estimate of drug-likeness (QED) is 0.789. The normalized spacial score (nSPS) is 18.1. The van der Waals surface area contributed by atoms with Crippen molar-refractivity contribution in [3.05, 3.63) is 21.5 Å². The maximum Gasteiger partial charge on any atom is 0.270 e. The highest BCUT2D eigenvalue weighted by Gasteiger charge is 2.27. The molecule has 0 saturated carbocycles. The highest BCUT2D eigenvalue weighted by Crippen LogP contribution is 2.32. The summed E-state index contributed by atoms with van der Waals surface area (Å²) < 4.78 is 1.27. The van der Waals surface area contributed by atoms with E-state index in [0.717, 1.165) is 37.3 Å². The van der Waals surface area contributed by atoms with E-state index >= 15 is 0 Å². The van der Waals surface area contributed by atoms with Crippen LogP contribution in [0.25, 0.3) is 0 Å². The average molecular weight is 277 g/mol. The molecule has 0 N–H and O–H groups in total. The Morgan fingerprint density at radius 1 is 1.20 bits per heavy atom. The van der Waals surface area contributed by atoms with Crippen molar-refractivity contribution in [1.82, 2.24) is 9.78 Å². The first-order chi connectivity index (χ1) is 9.35. The Hall–Kier alpha value is -1.65. The summed E-state index contributed by atoms with van der Waals surface area (Å²) in [5, 5.41) is 4.39. The summed E-state index contributed by atoms with van der Waals surface area (Å²) in [6.45, 7) is 10.2. The number of carbonyl (C=O) groups excluding carboxylic acids is 1. The fourth-order valence-electron chi connectivity index (χ4n) is 2.58. The van der Waals surface area contributed by atoms with E-state index in [2.05, 4.69) is 23.8 Å². The number of hydrogen-bond donors (Lipinski definition) is 0. The zero-order valence-corrected chi connectivity index (χ0v) is 12.8. The molecular formula is C15H23N3O2. The van der Waals surface area contributed by atoms with Crippen molar-refractivity contribution >= 4 is 12.1 Å². The summed E-state index contributed by atoms with van der Waals surface area (Å²) in [6.07, 6.45) is 2.94. The minimum atomic E-state index is -0.171. The van der Waals surface area contributed by atoms with Gasteiger partial charge in [-0.05, 0) is 32.1 Å².